The molecule has 7 nitrogen and oxygen atoms in total. The Hall–Kier alpha value is -3.45. The van der Waals surface area contributed by atoms with Crippen LogP contribution in [-0.4, -0.2) is 16.0 Å². The van der Waals surface area contributed by atoms with Crippen LogP contribution in [0, 0.1) is 6.92 Å². The molecule has 0 aliphatic rings. The Kier molecular flexibility index (Phi) is 4.20. The SMILES string of the molecule is Cc1noc2nc(-c3ccco3)cc(C(=O)NOCc3ccccc3)c12. The van der Waals surface area contributed by atoms with E-state index in [0.717, 1.165) is 5.56 Å². The van der Waals surface area contributed by atoms with Crippen LogP contribution in [-0.2, 0) is 11.4 Å². The number of amides is 1. The molecule has 0 aliphatic heterocycles. The molecule has 1 aromatic carbocycles. The number of pyridine rings is 1. The number of furan rings is 1. The molecule has 0 spiro atoms. The number of carbonyl (C=O) groups excluding carboxylic acids is 1. The minimum absolute atomic E-state index is 0.258. The molecule has 1 amide bonds. The third kappa shape index (κ3) is 3.07. The van der Waals surface area contributed by atoms with Gasteiger partial charge < -0.3 is 8.94 Å². The van der Waals surface area contributed by atoms with Crippen LogP contribution in [0.1, 0.15) is 21.6 Å². The number of rotatable bonds is 5. The second-order valence-corrected chi connectivity index (χ2v) is 5.69. The number of hydrogen-bond acceptors (Lipinski definition) is 6. The standard InChI is InChI=1S/C19H15N3O4/c1-12-17-14(18(23)22-25-11-13-6-3-2-4-7-13)10-15(16-8-5-9-24-16)20-19(17)26-21-12/h2-10H,11H2,1H3,(H,22,23). The van der Waals surface area contributed by atoms with E-state index in [2.05, 4.69) is 15.6 Å². The topological polar surface area (TPSA) is 90.4 Å². The Balaban J connectivity index is 1.61. The van der Waals surface area contributed by atoms with Crippen molar-refractivity contribution in [2.75, 3.05) is 0 Å². The van der Waals surface area contributed by atoms with Gasteiger partial charge in [-0.25, -0.2) is 10.5 Å². The van der Waals surface area contributed by atoms with Gasteiger partial charge in [-0.1, -0.05) is 35.5 Å². The summed E-state index contributed by atoms with van der Waals surface area (Å²) in [4.78, 5) is 22.4. The van der Waals surface area contributed by atoms with Crippen molar-refractivity contribution in [2.24, 2.45) is 0 Å². The molecule has 4 aromatic rings. The normalized spacial score (nSPS) is 11.0. The minimum atomic E-state index is -0.410. The van der Waals surface area contributed by atoms with Crippen LogP contribution in [0.5, 0.6) is 0 Å². The quantitative estimate of drug-likeness (QED) is 0.553. The molecule has 0 atom stereocenters. The Morgan fingerprint density at radius 3 is 2.81 bits per heavy atom. The molecule has 4 rings (SSSR count). The Morgan fingerprint density at radius 1 is 1.19 bits per heavy atom. The van der Waals surface area contributed by atoms with E-state index in [0.29, 0.717) is 28.1 Å². The lowest BCUT2D eigenvalue weighted by Crippen LogP contribution is -2.24. The maximum atomic E-state index is 12.7. The lowest BCUT2D eigenvalue weighted by Gasteiger charge is -2.08. The molecule has 1 N–H and O–H groups in total. The highest BCUT2D eigenvalue weighted by atomic mass is 16.6. The number of fused-ring (bicyclic) bond motifs is 1. The van der Waals surface area contributed by atoms with Gasteiger partial charge in [-0.05, 0) is 30.7 Å². The number of nitrogens with zero attached hydrogens (tertiary/aromatic N) is 2. The second kappa shape index (κ2) is 6.81. The predicted octanol–water partition coefficient (Wildman–Crippen LogP) is 3.65. The highest BCUT2D eigenvalue weighted by Crippen LogP contribution is 2.27. The van der Waals surface area contributed by atoms with Crippen LogP contribution in [0.3, 0.4) is 0 Å². The summed E-state index contributed by atoms with van der Waals surface area (Å²) in [6, 6.07) is 14.7. The van der Waals surface area contributed by atoms with Crippen LogP contribution in [0.15, 0.2) is 63.7 Å². The maximum Gasteiger partial charge on any atom is 0.275 e. The van der Waals surface area contributed by atoms with Crippen molar-refractivity contribution in [1.29, 1.82) is 0 Å². The summed E-state index contributed by atoms with van der Waals surface area (Å²) in [5.74, 6) is 0.118. The fourth-order valence-corrected chi connectivity index (χ4v) is 2.64. The summed E-state index contributed by atoms with van der Waals surface area (Å²) in [7, 11) is 0. The molecule has 3 heterocycles. The molecule has 7 heteroatoms. The highest BCUT2D eigenvalue weighted by Gasteiger charge is 2.20. The number of carbonyl (C=O) groups is 1. The van der Waals surface area contributed by atoms with Gasteiger partial charge in [0.2, 0.25) is 0 Å². The molecule has 0 fully saturated rings. The molecule has 0 unspecified atom stereocenters. The maximum absolute atomic E-state index is 12.7. The average Bonchev–Trinajstić information content (AvgIpc) is 3.32. The summed E-state index contributed by atoms with van der Waals surface area (Å²) < 4.78 is 10.6. The van der Waals surface area contributed by atoms with Crippen molar-refractivity contribution in [3.63, 3.8) is 0 Å². The lowest BCUT2D eigenvalue weighted by atomic mass is 10.1. The molecular weight excluding hydrogens is 334 g/mol. The first-order chi connectivity index (χ1) is 12.7. The van der Waals surface area contributed by atoms with Gasteiger partial charge >= 0.3 is 0 Å². The monoisotopic (exact) mass is 349 g/mol. The number of aromatic nitrogens is 2. The van der Waals surface area contributed by atoms with Gasteiger partial charge in [-0.2, -0.15) is 0 Å². The number of nitrogens with one attached hydrogen (secondary N) is 1. The van der Waals surface area contributed by atoms with Gasteiger partial charge in [0.05, 0.1) is 29.5 Å². The van der Waals surface area contributed by atoms with E-state index >= 15 is 0 Å². The van der Waals surface area contributed by atoms with E-state index < -0.39 is 5.91 Å². The van der Waals surface area contributed by atoms with Crippen molar-refractivity contribution in [2.45, 2.75) is 13.5 Å². The number of benzene rings is 1. The molecule has 0 radical (unpaired) electrons. The van der Waals surface area contributed by atoms with E-state index in [1.165, 1.54) is 6.26 Å². The summed E-state index contributed by atoms with van der Waals surface area (Å²) in [5, 5.41) is 4.44. The summed E-state index contributed by atoms with van der Waals surface area (Å²) in [6.45, 7) is 2.01. The molecule has 0 bridgehead atoms. The van der Waals surface area contributed by atoms with Crippen LogP contribution >= 0.6 is 0 Å². The van der Waals surface area contributed by atoms with E-state index in [4.69, 9.17) is 13.8 Å². The third-order valence-corrected chi connectivity index (χ3v) is 3.88. The zero-order valence-corrected chi connectivity index (χ0v) is 13.9. The van der Waals surface area contributed by atoms with Gasteiger partial charge in [0.15, 0.2) is 5.76 Å². The molecule has 3 aromatic heterocycles. The van der Waals surface area contributed by atoms with Crippen molar-refractivity contribution < 1.29 is 18.6 Å². The Labute approximate surface area is 148 Å². The van der Waals surface area contributed by atoms with Crippen LogP contribution < -0.4 is 5.48 Å². The zero-order valence-electron chi connectivity index (χ0n) is 13.9. The lowest BCUT2D eigenvalue weighted by molar-refractivity contribution is 0.0235. The van der Waals surface area contributed by atoms with E-state index in [9.17, 15) is 4.79 Å². The van der Waals surface area contributed by atoms with Crippen molar-refractivity contribution >= 4 is 17.0 Å². The number of hydroxylamine groups is 1. The van der Waals surface area contributed by atoms with Crippen molar-refractivity contribution in [3.05, 3.63) is 71.6 Å². The fourth-order valence-electron chi connectivity index (χ4n) is 2.64. The largest absolute Gasteiger partial charge is 0.463 e. The fraction of sp³-hybridized carbons (Fsp3) is 0.105. The van der Waals surface area contributed by atoms with Crippen molar-refractivity contribution in [1.82, 2.24) is 15.6 Å². The number of aryl methyl sites for hydroxylation is 1. The molecule has 0 aliphatic carbocycles. The van der Waals surface area contributed by atoms with Crippen LogP contribution in [0.4, 0.5) is 0 Å². The van der Waals surface area contributed by atoms with Gasteiger partial charge in [-0.3, -0.25) is 9.63 Å². The van der Waals surface area contributed by atoms with Crippen LogP contribution in [0.2, 0.25) is 0 Å². The smallest absolute Gasteiger partial charge is 0.275 e. The third-order valence-electron chi connectivity index (χ3n) is 3.88. The van der Waals surface area contributed by atoms with Gasteiger partial charge in [0.25, 0.3) is 11.6 Å². The zero-order chi connectivity index (χ0) is 17.9. The van der Waals surface area contributed by atoms with E-state index in [1.807, 2.05) is 30.3 Å². The predicted molar refractivity (Wildman–Crippen MR) is 92.9 cm³/mol. The Morgan fingerprint density at radius 2 is 2.04 bits per heavy atom. The van der Waals surface area contributed by atoms with Gasteiger partial charge in [-0.15, -0.1) is 0 Å². The first-order valence-electron chi connectivity index (χ1n) is 7.99. The Bertz CT molecular complexity index is 1040. The van der Waals surface area contributed by atoms with E-state index in [-0.39, 0.29) is 12.3 Å². The molecule has 0 saturated carbocycles. The van der Waals surface area contributed by atoms with Gasteiger partial charge in [0, 0.05) is 0 Å². The van der Waals surface area contributed by atoms with Crippen LogP contribution in [0.25, 0.3) is 22.6 Å². The molecule has 26 heavy (non-hydrogen) atoms. The van der Waals surface area contributed by atoms with Crippen molar-refractivity contribution in [3.8, 4) is 11.5 Å². The van der Waals surface area contributed by atoms with E-state index in [1.54, 1.807) is 25.1 Å². The number of hydrogen-bond donors (Lipinski definition) is 1. The molecule has 0 saturated heterocycles. The average molecular weight is 349 g/mol. The summed E-state index contributed by atoms with van der Waals surface area (Å²) in [6.07, 6.45) is 1.54. The molecular formula is C19H15N3O4. The minimum Gasteiger partial charge on any atom is -0.463 e. The first kappa shape index (κ1) is 16.0. The summed E-state index contributed by atoms with van der Waals surface area (Å²) >= 11 is 0. The summed E-state index contributed by atoms with van der Waals surface area (Å²) in [5.41, 5.74) is 5.09. The van der Waals surface area contributed by atoms with Gasteiger partial charge in [0.1, 0.15) is 5.69 Å². The first-order valence-corrected chi connectivity index (χ1v) is 7.99. The molecule has 130 valence electrons. The highest BCUT2D eigenvalue weighted by molar-refractivity contribution is 6.06. The second-order valence-electron chi connectivity index (χ2n) is 5.69.